The zero-order valence-corrected chi connectivity index (χ0v) is 30.1. The van der Waals surface area contributed by atoms with E-state index >= 15 is 4.39 Å². The van der Waals surface area contributed by atoms with Crippen LogP contribution in [0.3, 0.4) is 0 Å². The van der Waals surface area contributed by atoms with Crippen molar-refractivity contribution in [2.24, 2.45) is 0 Å². The van der Waals surface area contributed by atoms with E-state index in [2.05, 4.69) is 10.3 Å². The lowest BCUT2D eigenvalue weighted by atomic mass is 9.97. The Hall–Kier alpha value is -4.59. The summed E-state index contributed by atoms with van der Waals surface area (Å²) in [5, 5.41) is 2.56. The Morgan fingerprint density at radius 1 is 1.06 bits per heavy atom. The van der Waals surface area contributed by atoms with Crippen molar-refractivity contribution < 1.29 is 41.4 Å². The van der Waals surface area contributed by atoms with E-state index in [-0.39, 0.29) is 67.0 Å². The molecule has 1 atom stereocenters. The molecule has 1 saturated heterocycles. The zero-order chi connectivity index (χ0) is 37.7. The molecule has 1 aliphatic rings. The predicted molar refractivity (Wildman–Crippen MR) is 186 cm³/mol. The van der Waals surface area contributed by atoms with Crippen molar-refractivity contribution in [3.05, 3.63) is 76.2 Å². The molecule has 4 rings (SSSR count). The first-order valence-electron chi connectivity index (χ1n) is 16.5. The highest BCUT2D eigenvalue weighted by atomic mass is 35.5. The number of hydrogen-bond donors (Lipinski definition) is 1. The number of ether oxygens (including phenoxy) is 2. The maximum atomic E-state index is 16.8. The first-order chi connectivity index (χ1) is 24.0. The molecule has 0 radical (unpaired) electrons. The second-order valence-electron chi connectivity index (χ2n) is 13.0. The molecule has 276 valence electrons. The smallest absolute Gasteiger partial charge is 0.417 e. The van der Waals surface area contributed by atoms with Crippen molar-refractivity contribution in [3.63, 3.8) is 0 Å². The van der Waals surface area contributed by atoms with Crippen molar-refractivity contribution in [2.75, 3.05) is 51.3 Å². The lowest BCUT2D eigenvalue weighted by Gasteiger charge is -2.43. The summed E-state index contributed by atoms with van der Waals surface area (Å²) in [5.41, 5.74) is -2.04. The molecule has 0 saturated carbocycles. The average molecular weight is 736 g/mol. The molecule has 15 heteroatoms. The third kappa shape index (κ3) is 9.40. The van der Waals surface area contributed by atoms with Crippen molar-refractivity contribution >= 4 is 35.2 Å². The summed E-state index contributed by atoms with van der Waals surface area (Å²) in [6, 6.07) is 8.89. The molecule has 0 aliphatic carbocycles. The van der Waals surface area contributed by atoms with Gasteiger partial charge in [0.2, 0.25) is 5.88 Å². The van der Waals surface area contributed by atoms with E-state index in [1.807, 2.05) is 6.92 Å². The average Bonchev–Trinajstić information content (AvgIpc) is 3.06. The molecule has 2 heterocycles. The Kier molecular flexibility index (Phi) is 12.4. The molecular formula is C36H42ClF4N5O5. The minimum Gasteiger partial charge on any atom is -0.478 e. The summed E-state index contributed by atoms with van der Waals surface area (Å²) < 4.78 is 69.3. The monoisotopic (exact) mass is 735 g/mol. The van der Waals surface area contributed by atoms with E-state index in [9.17, 15) is 27.6 Å². The number of halogens is 5. The van der Waals surface area contributed by atoms with E-state index in [0.717, 1.165) is 12.1 Å². The van der Waals surface area contributed by atoms with Crippen LogP contribution in [0.15, 0.2) is 48.7 Å². The Morgan fingerprint density at radius 2 is 1.78 bits per heavy atom. The van der Waals surface area contributed by atoms with E-state index in [1.165, 1.54) is 35.2 Å². The molecule has 1 aromatic heterocycles. The largest absolute Gasteiger partial charge is 0.478 e. The van der Waals surface area contributed by atoms with Gasteiger partial charge in [-0.15, -0.1) is 0 Å². The maximum Gasteiger partial charge on any atom is 0.417 e. The first-order valence-corrected chi connectivity index (χ1v) is 16.9. The van der Waals surface area contributed by atoms with Crippen LogP contribution >= 0.6 is 11.6 Å². The number of carbonyl (C=O) groups excluding carboxylic acids is 3. The van der Waals surface area contributed by atoms with Gasteiger partial charge in [-0.1, -0.05) is 18.5 Å². The molecule has 0 unspecified atom stereocenters. The summed E-state index contributed by atoms with van der Waals surface area (Å²) >= 11 is 5.83. The molecule has 2 aromatic carbocycles. The van der Waals surface area contributed by atoms with Crippen LogP contribution in [0.5, 0.6) is 5.88 Å². The fourth-order valence-corrected chi connectivity index (χ4v) is 5.92. The lowest BCUT2D eigenvalue weighted by Crippen LogP contribution is -2.55. The minimum absolute atomic E-state index is 0.00252. The number of pyridine rings is 1. The van der Waals surface area contributed by atoms with Crippen LogP contribution in [0.1, 0.15) is 67.3 Å². The van der Waals surface area contributed by atoms with Crippen LogP contribution in [-0.2, 0) is 10.9 Å². The lowest BCUT2D eigenvalue weighted by molar-refractivity contribution is -0.138. The Morgan fingerprint density at radius 3 is 2.43 bits per heavy atom. The van der Waals surface area contributed by atoms with Gasteiger partial charge in [0.05, 0.1) is 29.0 Å². The van der Waals surface area contributed by atoms with Gasteiger partial charge >= 0.3 is 12.3 Å². The van der Waals surface area contributed by atoms with Crippen LogP contribution in [0, 0.1) is 5.82 Å². The van der Waals surface area contributed by atoms with Gasteiger partial charge in [0, 0.05) is 68.2 Å². The van der Waals surface area contributed by atoms with Gasteiger partial charge < -0.3 is 29.5 Å². The molecule has 51 heavy (non-hydrogen) atoms. The second-order valence-corrected chi connectivity index (χ2v) is 13.4. The number of nitrogens with zero attached hydrogens (tertiary/aromatic N) is 4. The second kappa shape index (κ2) is 16.2. The van der Waals surface area contributed by atoms with Gasteiger partial charge in [-0.25, -0.2) is 14.2 Å². The van der Waals surface area contributed by atoms with E-state index in [0.29, 0.717) is 12.0 Å². The highest BCUT2D eigenvalue weighted by Crippen LogP contribution is 2.38. The highest BCUT2D eigenvalue weighted by Gasteiger charge is 2.39. The van der Waals surface area contributed by atoms with Gasteiger partial charge in [-0.3, -0.25) is 9.59 Å². The Balaban J connectivity index is 1.67. The molecule has 3 aromatic rings. The standard InChI is InChI=1S/C36H42ClF4N5O5/c1-7-23-21-45(33(48)26-12-11-22(37)20-27(26)36(39,40)41)18-19-46(23)28-14-13-24(25-10-9-15-43-32(25)50-8-2)30(38)29(28)31(47)42-16-17-44(6)34(49)51-35(3,4)5/h9-15,20,23H,7-8,16-19,21H2,1-6H3,(H,42,47)/t23-/m1/s1. The molecule has 0 spiro atoms. The Bertz CT molecular complexity index is 1750. The summed E-state index contributed by atoms with van der Waals surface area (Å²) in [7, 11) is 1.51. The highest BCUT2D eigenvalue weighted by molar-refractivity contribution is 6.30. The topological polar surface area (TPSA) is 104 Å². The van der Waals surface area contributed by atoms with Gasteiger partial charge in [-0.2, -0.15) is 13.2 Å². The number of carbonyl (C=O) groups is 3. The van der Waals surface area contributed by atoms with Gasteiger partial charge in [0.1, 0.15) is 11.4 Å². The third-order valence-electron chi connectivity index (χ3n) is 8.20. The number of amides is 3. The number of benzene rings is 2. The number of rotatable bonds is 10. The van der Waals surface area contributed by atoms with Gasteiger partial charge in [0.15, 0.2) is 0 Å². The number of hydrogen-bond acceptors (Lipinski definition) is 7. The number of piperazine rings is 1. The fourth-order valence-electron chi connectivity index (χ4n) is 5.75. The van der Waals surface area contributed by atoms with Crippen molar-refractivity contribution in [1.82, 2.24) is 20.1 Å². The number of alkyl halides is 3. The number of likely N-dealkylation sites (N-methyl/N-ethyl adjacent to an activating group) is 1. The predicted octanol–water partition coefficient (Wildman–Crippen LogP) is 7.30. The van der Waals surface area contributed by atoms with E-state index < -0.39 is 52.7 Å². The zero-order valence-electron chi connectivity index (χ0n) is 29.4. The minimum atomic E-state index is -4.80. The molecule has 3 amide bonds. The molecule has 1 aliphatic heterocycles. The molecule has 0 bridgehead atoms. The molecular weight excluding hydrogens is 694 g/mol. The molecule has 1 N–H and O–H groups in total. The van der Waals surface area contributed by atoms with Crippen LogP contribution in [0.4, 0.5) is 28.0 Å². The van der Waals surface area contributed by atoms with Crippen LogP contribution < -0.4 is 15.0 Å². The van der Waals surface area contributed by atoms with Gasteiger partial charge in [-0.05, 0) is 76.6 Å². The van der Waals surface area contributed by atoms with Crippen LogP contribution in [0.25, 0.3) is 11.1 Å². The van der Waals surface area contributed by atoms with Crippen molar-refractivity contribution in [2.45, 2.75) is 58.9 Å². The molecule has 1 fully saturated rings. The van der Waals surface area contributed by atoms with Crippen molar-refractivity contribution in [1.29, 1.82) is 0 Å². The van der Waals surface area contributed by atoms with Gasteiger partial charge in [0.25, 0.3) is 11.8 Å². The Labute approximate surface area is 299 Å². The van der Waals surface area contributed by atoms with Crippen LogP contribution in [-0.4, -0.2) is 90.7 Å². The first kappa shape index (κ1) is 39.2. The molecule has 10 nitrogen and oxygen atoms in total. The number of anilines is 1. The van der Waals surface area contributed by atoms with E-state index in [4.69, 9.17) is 21.1 Å². The van der Waals surface area contributed by atoms with E-state index in [1.54, 1.807) is 50.8 Å². The van der Waals surface area contributed by atoms with Crippen LogP contribution in [0.2, 0.25) is 5.02 Å². The summed E-state index contributed by atoms with van der Waals surface area (Å²) in [6.07, 6.45) is -3.48. The normalized spacial score (nSPS) is 15.0. The summed E-state index contributed by atoms with van der Waals surface area (Å²) in [4.78, 5) is 48.4. The SMILES string of the molecule is CCOc1ncccc1-c1ccc(N2CCN(C(=O)c3ccc(Cl)cc3C(F)(F)F)C[C@H]2CC)c(C(=O)NCCN(C)C(=O)OC(C)(C)C)c1F. The maximum absolute atomic E-state index is 16.8. The van der Waals surface area contributed by atoms with Crippen molar-refractivity contribution in [3.8, 4) is 17.0 Å². The third-order valence-corrected chi connectivity index (χ3v) is 8.43. The number of nitrogens with one attached hydrogen (secondary N) is 1. The quantitative estimate of drug-likeness (QED) is 0.218. The number of aromatic nitrogens is 1. The summed E-state index contributed by atoms with van der Waals surface area (Å²) in [6.45, 7) is 9.19. The summed E-state index contributed by atoms with van der Waals surface area (Å²) in [5.74, 6) is -2.24. The fraction of sp³-hybridized carbons (Fsp3) is 0.444.